The molecule has 0 saturated carbocycles. The van der Waals surface area contributed by atoms with Crippen molar-refractivity contribution in [2.24, 2.45) is 13.0 Å². The molecule has 0 amide bonds. The van der Waals surface area contributed by atoms with Crippen molar-refractivity contribution in [3.8, 4) is 6.01 Å². The average molecular weight is 423 g/mol. The van der Waals surface area contributed by atoms with Gasteiger partial charge in [0.05, 0.1) is 0 Å². The van der Waals surface area contributed by atoms with E-state index in [9.17, 15) is 9.59 Å². The lowest BCUT2D eigenvalue weighted by Gasteiger charge is -2.17. The Morgan fingerprint density at radius 1 is 1.31 bits per heavy atom. The molecule has 1 atom stereocenters. The first-order valence-electron chi connectivity index (χ1n) is 9.85. The zero-order valence-corrected chi connectivity index (χ0v) is 17.7. The number of hydrogen-bond acceptors (Lipinski definition) is 5. The topological polar surface area (TPSA) is 91.3 Å². The predicted octanol–water partition coefficient (Wildman–Crippen LogP) is 2.16. The highest BCUT2D eigenvalue weighted by Crippen LogP contribution is 2.24. The number of imidazole rings is 1. The van der Waals surface area contributed by atoms with Gasteiger partial charge in [0.2, 0.25) is 0 Å². The summed E-state index contributed by atoms with van der Waals surface area (Å²) in [5, 5.41) is 9.70. The molecule has 1 N–H and O–H groups in total. The van der Waals surface area contributed by atoms with E-state index in [1.165, 1.54) is 4.57 Å². The number of aromatic nitrogens is 4. The van der Waals surface area contributed by atoms with Gasteiger partial charge in [0.1, 0.15) is 6.10 Å². The fourth-order valence-electron chi connectivity index (χ4n) is 3.30. The molecule has 0 bridgehead atoms. The van der Waals surface area contributed by atoms with Crippen molar-refractivity contribution >= 4 is 22.8 Å². The highest BCUT2D eigenvalue weighted by atomic mass is 35.5. The monoisotopic (exact) mass is 422 g/mol. The van der Waals surface area contributed by atoms with Crippen molar-refractivity contribution < 1.29 is 9.84 Å². The summed E-state index contributed by atoms with van der Waals surface area (Å²) in [5.41, 5.74) is -0.248. The minimum absolute atomic E-state index is 0.100. The van der Waals surface area contributed by atoms with Gasteiger partial charge in [0.25, 0.3) is 11.6 Å². The number of halogens is 1. The number of aliphatic hydroxyl groups excluding tert-OH is 1. The molecule has 2 heterocycles. The zero-order valence-electron chi connectivity index (χ0n) is 17.0. The van der Waals surface area contributed by atoms with E-state index in [0.717, 1.165) is 11.0 Å². The molecule has 158 valence electrons. The van der Waals surface area contributed by atoms with E-state index < -0.39 is 11.2 Å². The van der Waals surface area contributed by atoms with Gasteiger partial charge in [-0.25, -0.2) is 4.79 Å². The lowest BCUT2D eigenvalue weighted by atomic mass is 10.1. The molecule has 2 aromatic rings. The molecule has 29 heavy (non-hydrogen) atoms. The summed E-state index contributed by atoms with van der Waals surface area (Å²) in [6.07, 6.45) is 7.02. The largest absolute Gasteiger partial charge is 0.457 e. The Hall–Kier alpha value is -2.32. The normalized spacial score (nSPS) is 16.6. The molecule has 8 nitrogen and oxygen atoms in total. The van der Waals surface area contributed by atoms with E-state index in [-0.39, 0.29) is 19.3 Å². The van der Waals surface area contributed by atoms with Crippen LogP contribution in [0.15, 0.2) is 32.8 Å². The highest BCUT2D eigenvalue weighted by molar-refractivity contribution is 6.31. The van der Waals surface area contributed by atoms with Crippen LogP contribution < -0.4 is 16.0 Å². The van der Waals surface area contributed by atoms with Crippen LogP contribution in [-0.4, -0.2) is 36.5 Å². The quantitative estimate of drug-likeness (QED) is 0.703. The molecule has 1 unspecified atom stereocenters. The predicted molar refractivity (Wildman–Crippen MR) is 113 cm³/mol. The summed E-state index contributed by atoms with van der Waals surface area (Å²) in [7, 11) is 1.59. The molecule has 1 aliphatic rings. The van der Waals surface area contributed by atoms with Crippen LogP contribution in [0.3, 0.4) is 0 Å². The van der Waals surface area contributed by atoms with E-state index >= 15 is 0 Å². The van der Waals surface area contributed by atoms with Crippen LogP contribution >= 0.6 is 11.6 Å². The minimum Gasteiger partial charge on any atom is -0.457 e. The number of fused-ring (bicyclic) bond motifs is 1. The molecule has 0 aromatic carbocycles. The minimum atomic E-state index is -0.459. The fraction of sp³-hybridized carbons (Fsp3) is 0.550. The molecule has 9 heteroatoms. The second-order valence-corrected chi connectivity index (χ2v) is 8.06. The van der Waals surface area contributed by atoms with Crippen molar-refractivity contribution in [3.05, 3.63) is 44.1 Å². The van der Waals surface area contributed by atoms with Crippen LogP contribution in [0.1, 0.15) is 33.1 Å². The third kappa shape index (κ3) is 4.48. The van der Waals surface area contributed by atoms with E-state index in [0.29, 0.717) is 47.5 Å². The molecular formula is C20H27ClN4O4. The van der Waals surface area contributed by atoms with Gasteiger partial charge in [0, 0.05) is 38.2 Å². The van der Waals surface area contributed by atoms with Gasteiger partial charge in [0.15, 0.2) is 11.2 Å². The van der Waals surface area contributed by atoms with Crippen molar-refractivity contribution in [1.29, 1.82) is 0 Å². The third-order valence-electron chi connectivity index (χ3n) is 4.91. The highest BCUT2D eigenvalue weighted by Gasteiger charge is 2.23. The number of aliphatic hydroxyl groups is 1. The number of nitrogens with zero attached hydrogens (tertiary/aromatic N) is 4. The van der Waals surface area contributed by atoms with Crippen LogP contribution in [0.2, 0.25) is 0 Å². The molecular weight excluding hydrogens is 396 g/mol. The molecule has 0 spiro atoms. The maximum absolute atomic E-state index is 13.1. The van der Waals surface area contributed by atoms with E-state index in [1.54, 1.807) is 17.7 Å². The number of ether oxygens (including phenoxy) is 1. The Bertz CT molecular complexity index is 1060. The smallest absolute Gasteiger partial charge is 0.332 e. The Labute approximate surface area is 173 Å². The molecule has 0 saturated heterocycles. The second kappa shape index (κ2) is 9.00. The number of allylic oxidation sites excluding steroid dienone is 2. The lowest BCUT2D eigenvalue weighted by Crippen LogP contribution is -2.40. The van der Waals surface area contributed by atoms with Gasteiger partial charge in [-0.15, -0.1) is 0 Å². The third-order valence-corrected chi connectivity index (χ3v) is 5.17. The molecule has 0 radical (unpaired) electrons. The fourth-order valence-corrected chi connectivity index (χ4v) is 3.53. The summed E-state index contributed by atoms with van der Waals surface area (Å²) in [6, 6.07) is 0.300. The molecule has 3 rings (SSSR count). The van der Waals surface area contributed by atoms with Gasteiger partial charge in [-0.3, -0.25) is 18.5 Å². The van der Waals surface area contributed by atoms with Crippen LogP contribution in [0.4, 0.5) is 0 Å². The first-order chi connectivity index (χ1) is 13.8. The van der Waals surface area contributed by atoms with E-state index in [2.05, 4.69) is 18.8 Å². The molecule has 0 fully saturated rings. The van der Waals surface area contributed by atoms with Crippen molar-refractivity contribution in [1.82, 2.24) is 18.7 Å². The van der Waals surface area contributed by atoms with Crippen LogP contribution in [-0.2, 0) is 20.1 Å². The molecule has 2 aromatic heterocycles. The summed E-state index contributed by atoms with van der Waals surface area (Å²) in [5.74, 6) is 0.413. The summed E-state index contributed by atoms with van der Waals surface area (Å²) in [4.78, 5) is 30.3. The Morgan fingerprint density at radius 2 is 2.07 bits per heavy atom. The van der Waals surface area contributed by atoms with Crippen molar-refractivity contribution in [3.63, 3.8) is 0 Å². The number of aryl methyl sites for hydroxylation is 2. The Morgan fingerprint density at radius 3 is 2.72 bits per heavy atom. The van der Waals surface area contributed by atoms with Crippen LogP contribution in [0.5, 0.6) is 6.01 Å². The van der Waals surface area contributed by atoms with Gasteiger partial charge >= 0.3 is 5.69 Å². The molecule has 0 aliphatic heterocycles. The van der Waals surface area contributed by atoms with Crippen molar-refractivity contribution in [2.75, 3.05) is 6.61 Å². The van der Waals surface area contributed by atoms with E-state index in [4.69, 9.17) is 21.4 Å². The molecule has 1 aliphatic carbocycles. The maximum Gasteiger partial charge on any atom is 0.332 e. The van der Waals surface area contributed by atoms with Crippen LogP contribution in [0.25, 0.3) is 11.2 Å². The summed E-state index contributed by atoms with van der Waals surface area (Å²) < 4.78 is 10.3. The Balaban J connectivity index is 2.15. The van der Waals surface area contributed by atoms with Gasteiger partial charge < -0.3 is 9.84 Å². The average Bonchev–Trinajstić information content (AvgIpc) is 3.03. The standard InChI is InChI=1S/C20H27ClN4O4/c1-13(2)8-10-24-16-17(22-19(24)29-15-7-4-6-14(21)12-15)23(3)20(28)25(18(16)27)9-5-11-26/h4,6,12-13,15,26H,5,7-11H2,1-3H3. The zero-order chi connectivity index (χ0) is 21.1. The number of rotatable bonds is 8. The van der Waals surface area contributed by atoms with Gasteiger partial charge in [-0.05, 0) is 30.9 Å². The second-order valence-electron chi connectivity index (χ2n) is 7.62. The van der Waals surface area contributed by atoms with Gasteiger partial charge in [-0.1, -0.05) is 31.5 Å². The summed E-state index contributed by atoms with van der Waals surface area (Å²) >= 11 is 6.09. The van der Waals surface area contributed by atoms with E-state index in [1.807, 2.05) is 12.2 Å². The first kappa shape index (κ1) is 21.4. The SMILES string of the molecule is CC(C)CCn1c(OC2C=C(Cl)C=CC2)nc2c1c(=O)n(CCCO)c(=O)n2C. The number of hydrogen-bond donors (Lipinski definition) is 1. The first-order valence-corrected chi connectivity index (χ1v) is 10.2. The summed E-state index contributed by atoms with van der Waals surface area (Å²) in [6.45, 7) is 4.79. The van der Waals surface area contributed by atoms with Crippen LogP contribution in [0, 0.1) is 5.92 Å². The maximum atomic E-state index is 13.1. The van der Waals surface area contributed by atoms with Crippen molar-refractivity contribution in [2.45, 2.75) is 52.3 Å². The van der Waals surface area contributed by atoms with Gasteiger partial charge in [-0.2, -0.15) is 4.98 Å². The Kier molecular flexibility index (Phi) is 6.64. The lowest BCUT2D eigenvalue weighted by molar-refractivity contribution is 0.220.